The van der Waals surface area contributed by atoms with Gasteiger partial charge in [-0.1, -0.05) is 6.42 Å². The zero-order chi connectivity index (χ0) is 12.7. The van der Waals surface area contributed by atoms with Gasteiger partial charge < -0.3 is 10.6 Å². The standard InChI is InChI=1S/C13H17F2N3/c14-9-7-10(15)13(17-12(9)16)18-6-2-4-8-3-1-5-11(8)18/h7-8,11H,1-6H2,(H2,16,17). The second-order valence-electron chi connectivity index (χ2n) is 5.25. The number of nitrogens with zero attached hydrogens (tertiary/aromatic N) is 2. The largest absolute Gasteiger partial charge is 0.381 e. The summed E-state index contributed by atoms with van der Waals surface area (Å²) in [5, 5.41) is 0. The Hall–Kier alpha value is -1.39. The quantitative estimate of drug-likeness (QED) is 0.836. The van der Waals surface area contributed by atoms with Gasteiger partial charge in [0, 0.05) is 18.7 Å². The van der Waals surface area contributed by atoms with Gasteiger partial charge in [-0.2, -0.15) is 0 Å². The van der Waals surface area contributed by atoms with Crippen LogP contribution in [0.15, 0.2) is 6.07 Å². The van der Waals surface area contributed by atoms with Gasteiger partial charge in [0.2, 0.25) is 0 Å². The van der Waals surface area contributed by atoms with E-state index in [9.17, 15) is 8.78 Å². The highest BCUT2D eigenvalue weighted by atomic mass is 19.1. The second-order valence-corrected chi connectivity index (χ2v) is 5.25. The van der Waals surface area contributed by atoms with Crippen LogP contribution in [0.4, 0.5) is 20.4 Å². The fraction of sp³-hybridized carbons (Fsp3) is 0.615. The summed E-state index contributed by atoms with van der Waals surface area (Å²) in [6.07, 6.45) is 5.71. The Morgan fingerprint density at radius 3 is 2.78 bits per heavy atom. The van der Waals surface area contributed by atoms with Crippen LogP contribution in [-0.4, -0.2) is 17.6 Å². The molecule has 1 aliphatic carbocycles. The van der Waals surface area contributed by atoms with Crippen molar-refractivity contribution in [1.29, 1.82) is 0 Å². The molecule has 1 aliphatic heterocycles. The van der Waals surface area contributed by atoms with Crippen LogP contribution < -0.4 is 10.6 Å². The maximum Gasteiger partial charge on any atom is 0.168 e. The lowest BCUT2D eigenvalue weighted by Gasteiger charge is -2.38. The lowest BCUT2D eigenvalue weighted by atomic mass is 9.92. The Labute approximate surface area is 105 Å². The molecule has 0 aromatic carbocycles. The van der Waals surface area contributed by atoms with E-state index in [1.54, 1.807) is 0 Å². The highest BCUT2D eigenvalue weighted by Crippen LogP contribution is 2.39. The van der Waals surface area contributed by atoms with E-state index in [0.717, 1.165) is 25.5 Å². The molecule has 2 N–H and O–H groups in total. The van der Waals surface area contributed by atoms with Crippen LogP contribution in [0.5, 0.6) is 0 Å². The van der Waals surface area contributed by atoms with Gasteiger partial charge in [0.15, 0.2) is 23.3 Å². The summed E-state index contributed by atoms with van der Waals surface area (Å²) in [4.78, 5) is 5.90. The molecule has 1 aromatic rings. The maximum absolute atomic E-state index is 13.9. The van der Waals surface area contributed by atoms with E-state index in [-0.39, 0.29) is 11.6 Å². The van der Waals surface area contributed by atoms with Crippen LogP contribution in [0.3, 0.4) is 0 Å². The van der Waals surface area contributed by atoms with E-state index in [4.69, 9.17) is 5.73 Å². The number of aromatic nitrogens is 1. The molecule has 2 aliphatic rings. The second kappa shape index (κ2) is 4.37. The Morgan fingerprint density at radius 1 is 1.17 bits per heavy atom. The predicted molar refractivity (Wildman–Crippen MR) is 66.3 cm³/mol. The fourth-order valence-electron chi connectivity index (χ4n) is 3.39. The van der Waals surface area contributed by atoms with E-state index in [0.29, 0.717) is 12.0 Å². The Kier molecular flexibility index (Phi) is 2.84. The van der Waals surface area contributed by atoms with Gasteiger partial charge in [-0.3, -0.25) is 0 Å². The Morgan fingerprint density at radius 2 is 1.94 bits per heavy atom. The molecule has 2 heterocycles. The molecular formula is C13H17F2N3. The summed E-state index contributed by atoms with van der Waals surface area (Å²) < 4.78 is 27.0. The average molecular weight is 253 g/mol. The number of halogens is 2. The summed E-state index contributed by atoms with van der Waals surface area (Å²) in [5.41, 5.74) is 5.45. The molecule has 5 heteroatoms. The van der Waals surface area contributed by atoms with Gasteiger partial charge in [-0.15, -0.1) is 0 Å². The summed E-state index contributed by atoms with van der Waals surface area (Å²) in [6.45, 7) is 0.788. The van der Waals surface area contributed by atoms with Gasteiger partial charge in [0.25, 0.3) is 0 Å². The van der Waals surface area contributed by atoms with Gasteiger partial charge in [-0.25, -0.2) is 13.8 Å². The third-order valence-corrected chi connectivity index (χ3v) is 4.20. The van der Waals surface area contributed by atoms with Crippen molar-refractivity contribution in [3.05, 3.63) is 17.7 Å². The van der Waals surface area contributed by atoms with Gasteiger partial charge >= 0.3 is 0 Å². The van der Waals surface area contributed by atoms with Crippen molar-refractivity contribution in [2.45, 2.75) is 38.1 Å². The number of nitrogen functional groups attached to an aromatic ring is 1. The third kappa shape index (κ3) is 1.82. The summed E-state index contributed by atoms with van der Waals surface area (Å²) >= 11 is 0. The molecule has 2 fully saturated rings. The van der Waals surface area contributed by atoms with Crippen molar-refractivity contribution >= 4 is 11.6 Å². The molecule has 3 nitrogen and oxygen atoms in total. The number of hydrogen-bond acceptors (Lipinski definition) is 3. The monoisotopic (exact) mass is 253 g/mol. The van der Waals surface area contributed by atoms with Crippen LogP contribution >= 0.6 is 0 Å². The molecular weight excluding hydrogens is 236 g/mol. The van der Waals surface area contributed by atoms with Gasteiger partial charge in [0.05, 0.1) is 0 Å². The van der Waals surface area contributed by atoms with Crippen LogP contribution in [-0.2, 0) is 0 Å². The molecule has 98 valence electrons. The maximum atomic E-state index is 13.9. The van der Waals surface area contributed by atoms with Crippen LogP contribution in [0, 0.1) is 17.6 Å². The van der Waals surface area contributed by atoms with Crippen molar-refractivity contribution in [2.24, 2.45) is 5.92 Å². The summed E-state index contributed by atoms with van der Waals surface area (Å²) in [6, 6.07) is 1.20. The first-order valence-corrected chi connectivity index (χ1v) is 6.55. The summed E-state index contributed by atoms with van der Waals surface area (Å²) in [7, 11) is 0. The zero-order valence-electron chi connectivity index (χ0n) is 10.2. The zero-order valence-corrected chi connectivity index (χ0v) is 10.2. The third-order valence-electron chi connectivity index (χ3n) is 4.20. The number of anilines is 2. The molecule has 1 saturated carbocycles. The Balaban J connectivity index is 1.96. The minimum absolute atomic E-state index is 0.216. The molecule has 0 spiro atoms. The van der Waals surface area contributed by atoms with Crippen LogP contribution in [0.25, 0.3) is 0 Å². The topological polar surface area (TPSA) is 42.1 Å². The highest BCUT2D eigenvalue weighted by Gasteiger charge is 2.36. The lowest BCUT2D eigenvalue weighted by Crippen LogP contribution is -2.43. The first-order chi connectivity index (χ1) is 8.66. The normalized spacial score (nSPS) is 27.3. The first kappa shape index (κ1) is 11.7. The molecule has 2 atom stereocenters. The molecule has 2 unspecified atom stereocenters. The average Bonchev–Trinajstić information content (AvgIpc) is 2.82. The van der Waals surface area contributed by atoms with Crippen molar-refractivity contribution < 1.29 is 8.78 Å². The molecule has 0 amide bonds. The molecule has 0 bridgehead atoms. The summed E-state index contributed by atoms with van der Waals surface area (Å²) in [5.74, 6) is -0.742. The first-order valence-electron chi connectivity index (χ1n) is 6.55. The van der Waals surface area contributed by atoms with E-state index in [2.05, 4.69) is 4.98 Å². The van der Waals surface area contributed by atoms with E-state index >= 15 is 0 Å². The Bertz CT molecular complexity index is 464. The number of rotatable bonds is 1. The minimum atomic E-state index is -0.781. The number of hydrogen-bond donors (Lipinski definition) is 1. The van der Waals surface area contributed by atoms with Crippen LogP contribution in [0.1, 0.15) is 32.1 Å². The lowest BCUT2D eigenvalue weighted by molar-refractivity contribution is 0.357. The molecule has 1 aromatic heterocycles. The fourth-order valence-corrected chi connectivity index (χ4v) is 3.39. The number of piperidine rings is 1. The smallest absolute Gasteiger partial charge is 0.168 e. The van der Waals surface area contributed by atoms with E-state index < -0.39 is 11.6 Å². The van der Waals surface area contributed by atoms with E-state index in [1.165, 1.54) is 19.3 Å². The van der Waals surface area contributed by atoms with Crippen molar-refractivity contribution in [1.82, 2.24) is 4.98 Å². The van der Waals surface area contributed by atoms with E-state index in [1.807, 2.05) is 4.90 Å². The predicted octanol–water partition coefficient (Wildman–Crippen LogP) is 2.71. The molecule has 3 rings (SSSR count). The van der Waals surface area contributed by atoms with Crippen molar-refractivity contribution in [3.8, 4) is 0 Å². The van der Waals surface area contributed by atoms with Gasteiger partial charge in [0.1, 0.15) is 0 Å². The number of pyridine rings is 1. The number of fused-ring (bicyclic) bond motifs is 1. The minimum Gasteiger partial charge on any atom is -0.381 e. The SMILES string of the molecule is Nc1nc(N2CCCC3CCCC32)c(F)cc1F. The molecule has 0 radical (unpaired) electrons. The van der Waals surface area contributed by atoms with Crippen molar-refractivity contribution in [2.75, 3.05) is 17.2 Å². The molecule has 18 heavy (non-hydrogen) atoms. The molecule has 1 saturated heterocycles. The van der Waals surface area contributed by atoms with Gasteiger partial charge in [-0.05, 0) is 31.6 Å². The highest BCUT2D eigenvalue weighted by molar-refractivity contribution is 5.48. The number of nitrogens with two attached hydrogens (primary N) is 1. The van der Waals surface area contributed by atoms with Crippen LogP contribution in [0.2, 0.25) is 0 Å². The van der Waals surface area contributed by atoms with Crippen molar-refractivity contribution in [3.63, 3.8) is 0 Å².